The van der Waals surface area contributed by atoms with Crippen molar-refractivity contribution in [2.45, 2.75) is 12.8 Å². The number of hydroxylamine groups is 10. The molecule has 78 heavy (non-hydrogen) atoms. The van der Waals surface area contributed by atoms with Crippen LogP contribution in [0.15, 0.2) is 127 Å². The highest BCUT2D eigenvalue weighted by atomic mass is 16.7. The Kier molecular flexibility index (Phi) is 11.5. The lowest BCUT2D eigenvalue weighted by atomic mass is 9.94. The van der Waals surface area contributed by atoms with Crippen molar-refractivity contribution in [3.8, 4) is 11.1 Å². The number of hydrogen-bond donors (Lipinski definition) is 0. The van der Waals surface area contributed by atoms with Crippen molar-refractivity contribution in [3.63, 3.8) is 0 Å². The predicted octanol–water partition coefficient (Wildman–Crippen LogP) is 4.05. The highest BCUT2D eigenvalue weighted by Gasteiger charge is 2.45. The first kappa shape index (κ1) is 48.6. The first-order valence-electron chi connectivity index (χ1n) is 22.6. The number of benzene rings is 6. The van der Waals surface area contributed by atoms with Crippen molar-refractivity contribution in [2.75, 3.05) is 0 Å². The Morgan fingerprint density at radius 2 is 0.564 bits per heavy atom. The third kappa shape index (κ3) is 7.86. The first-order chi connectivity index (χ1) is 37.4. The van der Waals surface area contributed by atoms with Crippen LogP contribution < -0.4 is 0 Å². The van der Waals surface area contributed by atoms with E-state index in [1.165, 1.54) is 97.1 Å². The molecule has 0 aliphatic carbocycles. The number of carbonyl (C=O) groups is 15. The summed E-state index contributed by atoms with van der Waals surface area (Å²) in [6.07, 6.45) is -1.54. The molecule has 5 heterocycles. The summed E-state index contributed by atoms with van der Waals surface area (Å²) < 4.78 is 0. The van der Waals surface area contributed by atoms with Crippen molar-refractivity contribution in [3.05, 3.63) is 200 Å². The second-order valence-corrected chi connectivity index (χ2v) is 17.0. The molecule has 0 bridgehead atoms. The molecular weight excluding hydrogens is 1030 g/mol. The van der Waals surface area contributed by atoms with Crippen LogP contribution >= 0.6 is 0 Å². The number of imide groups is 5. The van der Waals surface area contributed by atoms with Gasteiger partial charge in [0.1, 0.15) is 0 Å². The van der Waals surface area contributed by atoms with Crippen molar-refractivity contribution >= 4 is 88.9 Å². The molecule has 0 saturated heterocycles. The molecule has 0 atom stereocenters. The zero-order chi connectivity index (χ0) is 55.0. The summed E-state index contributed by atoms with van der Waals surface area (Å²) in [6.45, 7) is 0. The molecule has 25 heteroatoms. The lowest BCUT2D eigenvalue weighted by Gasteiger charge is -2.16. The number of fused-ring (bicyclic) bond motifs is 5. The van der Waals surface area contributed by atoms with Gasteiger partial charge in [-0.15, -0.1) is 0 Å². The molecule has 0 spiro atoms. The van der Waals surface area contributed by atoms with E-state index in [9.17, 15) is 71.9 Å². The Morgan fingerprint density at radius 1 is 0.282 bits per heavy atom. The number of amides is 10. The van der Waals surface area contributed by atoms with Crippen molar-refractivity contribution in [1.29, 1.82) is 0 Å². The minimum Gasteiger partial charge on any atom is -0.330 e. The van der Waals surface area contributed by atoms with Crippen LogP contribution in [0.2, 0.25) is 0 Å². The Labute approximate surface area is 432 Å². The molecule has 10 amide bonds. The molecule has 11 rings (SSSR count). The molecule has 0 fully saturated rings. The Bertz CT molecular complexity index is 3730. The van der Waals surface area contributed by atoms with E-state index in [1.807, 2.05) is 0 Å². The maximum atomic E-state index is 13.9. The number of hydrogen-bond acceptors (Lipinski definition) is 20. The zero-order valence-corrected chi connectivity index (χ0v) is 38.9. The van der Waals surface area contributed by atoms with Crippen molar-refractivity contribution in [1.82, 2.24) is 25.3 Å². The number of nitrogens with zero attached hydrogens (tertiary/aromatic N) is 5. The summed E-state index contributed by atoms with van der Waals surface area (Å²) in [7, 11) is 0. The fourth-order valence-electron chi connectivity index (χ4n) is 8.69. The van der Waals surface area contributed by atoms with Gasteiger partial charge in [-0.1, -0.05) is 79.9 Å². The van der Waals surface area contributed by atoms with E-state index in [0.29, 0.717) is 0 Å². The topological polar surface area (TPSA) is 318 Å². The summed E-state index contributed by atoms with van der Waals surface area (Å²) in [4.78, 5) is 224. The number of carbonyl (C=O) groups excluding carboxylic acids is 15. The molecule has 5 aliphatic rings. The molecule has 382 valence electrons. The summed E-state index contributed by atoms with van der Waals surface area (Å²) in [6, 6.07) is 26.3. The van der Waals surface area contributed by atoms with Crippen LogP contribution in [0.25, 0.3) is 11.1 Å². The maximum absolute atomic E-state index is 13.9. The molecule has 5 aliphatic heterocycles. The Balaban J connectivity index is 0.797. The third-order valence-corrected chi connectivity index (χ3v) is 12.4. The lowest BCUT2D eigenvalue weighted by Crippen LogP contribution is -2.34. The minimum absolute atomic E-state index is 0.0104. The van der Waals surface area contributed by atoms with E-state index >= 15 is 0 Å². The quantitative estimate of drug-likeness (QED) is 0.156. The molecule has 0 aromatic heterocycles. The summed E-state index contributed by atoms with van der Waals surface area (Å²) in [5.41, 5.74) is -4.03. The molecule has 6 aromatic rings. The van der Waals surface area contributed by atoms with Gasteiger partial charge < -0.3 is 24.2 Å². The van der Waals surface area contributed by atoms with Gasteiger partial charge in [-0.05, 0) is 83.9 Å². The van der Waals surface area contributed by atoms with E-state index < -0.39 is 124 Å². The van der Waals surface area contributed by atoms with Crippen molar-refractivity contribution in [2.24, 2.45) is 0 Å². The van der Waals surface area contributed by atoms with Crippen LogP contribution in [0.5, 0.6) is 0 Å². The highest BCUT2D eigenvalue weighted by Crippen LogP contribution is 2.36. The van der Waals surface area contributed by atoms with Gasteiger partial charge in [0, 0.05) is 0 Å². The lowest BCUT2D eigenvalue weighted by molar-refractivity contribution is -0.175. The SMILES string of the molecule is O=C(CCC(=O)ON1C(=O)c2cccc(-c3ccc4c(c3)C(=O)N(OC(=O)c3cc(C(=O)ON5C(=O)c6ccccc6C5=O)cc(C(=O)ON5C(=O)c6ccccc6C5=O)c3)C4=O)c2C1=O)ON1C(=O)c2ccccc2C1=O. The number of rotatable bonds is 12. The van der Waals surface area contributed by atoms with Gasteiger partial charge in [0.25, 0.3) is 59.1 Å². The normalized spacial score (nSPS) is 14.9. The summed E-state index contributed by atoms with van der Waals surface area (Å²) in [5.74, 6) is -17.8. The van der Waals surface area contributed by atoms with Crippen LogP contribution in [-0.2, 0) is 33.8 Å². The first-order valence-corrected chi connectivity index (χ1v) is 22.6. The fourth-order valence-corrected chi connectivity index (χ4v) is 8.69. The van der Waals surface area contributed by atoms with E-state index in [4.69, 9.17) is 24.2 Å². The Hall–Kier alpha value is -11.6. The van der Waals surface area contributed by atoms with Gasteiger partial charge in [0.05, 0.1) is 85.2 Å². The summed E-state index contributed by atoms with van der Waals surface area (Å²) >= 11 is 0. The van der Waals surface area contributed by atoms with E-state index in [1.54, 1.807) is 0 Å². The molecule has 6 aromatic carbocycles. The summed E-state index contributed by atoms with van der Waals surface area (Å²) in [5, 5.41) is 0.639. The van der Waals surface area contributed by atoms with Crippen molar-refractivity contribution < 1.29 is 96.1 Å². The van der Waals surface area contributed by atoms with Gasteiger partial charge in [-0.25, -0.2) is 24.0 Å². The Morgan fingerprint density at radius 3 is 0.936 bits per heavy atom. The predicted molar refractivity (Wildman–Crippen MR) is 248 cm³/mol. The van der Waals surface area contributed by atoms with E-state index in [0.717, 1.165) is 30.3 Å². The molecule has 0 N–H and O–H groups in total. The third-order valence-electron chi connectivity index (χ3n) is 12.4. The molecule has 25 nitrogen and oxygen atoms in total. The molecule has 0 radical (unpaired) electrons. The molecular formula is C53H25N5O20. The van der Waals surface area contributed by atoms with E-state index in [-0.39, 0.29) is 86.5 Å². The van der Waals surface area contributed by atoms with Gasteiger partial charge in [0.15, 0.2) is 0 Å². The smallest absolute Gasteiger partial charge is 0.330 e. The second-order valence-electron chi connectivity index (χ2n) is 17.0. The average molecular weight is 1050 g/mol. The largest absolute Gasteiger partial charge is 0.363 e. The van der Waals surface area contributed by atoms with Gasteiger partial charge >= 0.3 is 29.8 Å². The van der Waals surface area contributed by atoms with Crippen LogP contribution in [0.4, 0.5) is 0 Å². The molecule has 0 unspecified atom stereocenters. The molecule has 0 saturated carbocycles. The van der Waals surface area contributed by atoms with E-state index in [2.05, 4.69) is 0 Å². The van der Waals surface area contributed by atoms with Gasteiger partial charge in [-0.2, -0.15) is 0 Å². The van der Waals surface area contributed by atoms with Crippen LogP contribution in [0.3, 0.4) is 0 Å². The fraction of sp³-hybridized carbons (Fsp3) is 0.0377. The maximum Gasteiger partial charge on any atom is 0.363 e. The zero-order valence-electron chi connectivity index (χ0n) is 38.9. The average Bonchev–Trinajstić information content (AvgIpc) is 4.23. The van der Waals surface area contributed by atoms with Crippen LogP contribution in [0.1, 0.15) is 147 Å². The van der Waals surface area contributed by atoms with Crippen LogP contribution in [0, 0.1) is 0 Å². The van der Waals surface area contributed by atoms with Gasteiger partial charge in [0.2, 0.25) is 0 Å². The second kappa shape index (κ2) is 18.4. The minimum atomic E-state index is -1.59. The van der Waals surface area contributed by atoms with Crippen LogP contribution in [-0.4, -0.2) is 114 Å². The standard InChI is InChI=1S/C53H25N5O20/c59-38(74-54-41(61)29-8-1-2-9-30(29)42(54)62)18-19-39(60)75-58-48(68)36-15-7-14-28(40(36)50(58)70)24-16-17-35-37(23-24)49(69)57(47(35)67)78-53(73)27-21-25(51(71)76-55-43(63)31-10-3-4-11-32(31)44(55)64)20-26(22-27)52(72)77-56-45(65)33-12-5-6-13-34(33)46(56)66/h1-17,20-23H,18-19H2. The highest BCUT2D eigenvalue weighted by molar-refractivity contribution is 6.26. The monoisotopic (exact) mass is 1050 g/mol. The van der Waals surface area contributed by atoms with Gasteiger partial charge in [-0.3, -0.25) is 47.9 Å².